The molecule has 2 atom stereocenters. The number of alkyl halides is 3. The van der Waals surface area contributed by atoms with Crippen molar-refractivity contribution < 1.29 is 25.6 Å². The van der Waals surface area contributed by atoms with Crippen molar-refractivity contribution in [2.45, 2.75) is 35.3 Å². The molecule has 0 N–H and O–H groups in total. The van der Waals surface area contributed by atoms with E-state index in [2.05, 4.69) is 0 Å². The van der Waals surface area contributed by atoms with E-state index in [-0.39, 0.29) is 0 Å². The summed E-state index contributed by atoms with van der Waals surface area (Å²) in [6.07, 6.45) is 1.00. The third-order valence-electron chi connectivity index (χ3n) is 7.20. The van der Waals surface area contributed by atoms with Crippen LogP contribution in [-0.2, 0) is 14.1 Å². The van der Waals surface area contributed by atoms with Gasteiger partial charge in [-0.25, -0.2) is 0 Å². The van der Waals surface area contributed by atoms with Crippen molar-refractivity contribution in [2.24, 2.45) is 0 Å². The summed E-state index contributed by atoms with van der Waals surface area (Å²) < 4.78 is 74.1. The lowest BCUT2D eigenvalue weighted by molar-refractivity contribution is -0.0499. The normalized spacial score (nSPS) is 19.5. The third-order valence-corrected chi connectivity index (χ3v) is 14.1. The van der Waals surface area contributed by atoms with Crippen LogP contribution in [0.25, 0.3) is 0 Å². The number of benzene rings is 4. The van der Waals surface area contributed by atoms with Crippen molar-refractivity contribution >= 4 is 17.6 Å². The Balaban J connectivity index is 1.87. The molecule has 1 aliphatic heterocycles. The molecule has 0 radical (unpaired) electrons. The Morgan fingerprint density at radius 3 is 1.32 bits per heavy atom. The summed E-state index contributed by atoms with van der Waals surface area (Å²) in [7, 11) is -9.52. The minimum atomic E-state index is -5.93. The van der Waals surface area contributed by atoms with Gasteiger partial charge in [0.1, 0.15) is 17.0 Å². The molecule has 8 heteroatoms. The Hall–Kier alpha value is -2.99. The Labute approximate surface area is 221 Å². The minimum Gasteiger partial charge on any atom is -0.186 e. The molecule has 196 valence electrons. The second-order valence-corrected chi connectivity index (χ2v) is 14.6. The first-order valence-corrected chi connectivity index (χ1v) is 15.7. The van der Waals surface area contributed by atoms with Crippen LogP contribution in [0.15, 0.2) is 121 Å². The standard InChI is InChI=1S/C30H27F3O3PS/c31-30(32,33)38(34,35)36-37(29(25-17-9-3-10-18-25)26-19-11-4-12-20-26)27(23-13-5-1-6-14-23)21-22-28(37)24-15-7-2-8-16-24/h1-20,27-29H,21-22H2/q+1/t27-,28-/m0/s1. The molecule has 0 bridgehead atoms. The number of halogens is 3. The molecule has 1 aliphatic rings. The van der Waals surface area contributed by atoms with Crippen LogP contribution in [0, 0.1) is 0 Å². The van der Waals surface area contributed by atoms with Gasteiger partial charge in [0.05, 0.1) is 0 Å². The summed E-state index contributed by atoms with van der Waals surface area (Å²) in [5.74, 6) is 0. The summed E-state index contributed by atoms with van der Waals surface area (Å²) in [4.78, 5) is 0. The fraction of sp³-hybridized carbons (Fsp3) is 0.200. The molecule has 0 saturated carbocycles. The van der Waals surface area contributed by atoms with E-state index in [0.717, 1.165) is 22.3 Å². The van der Waals surface area contributed by atoms with E-state index in [0.29, 0.717) is 12.8 Å². The van der Waals surface area contributed by atoms with Gasteiger partial charge in [0.15, 0.2) is 7.49 Å². The molecule has 0 aromatic heterocycles. The molecule has 3 nitrogen and oxygen atoms in total. The highest BCUT2D eigenvalue weighted by atomic mass is 32.2. The van der Waals surface area contributed by atoms with Crippen molar-refractivity contribution in [1.82, 2.24) is 0 Å². The summed E-state index contributed by atoms with van der Waals surface area (Å²) in [5, 5.41) is 0. The fourth-order valence-corrected chi connectivity index (χ4v) is 13.4. The third kappa shape index (κ3) is 4.91. The smallest absolute Gasteiger partial charge is 0.186 e. The molecule has 4 aromatic rings. The van der Waals surface area contributed by atoms with Crippen LogP contribution in [0.1, 0.15) is 52.1 Å². The zero-order valence-corrected chi connectivity index (χ0v) is 22.1. The maximum atomic E-state index is 14.1. The molecular weight excluding hydrogens is 528 g/mol. The van der Waals surface area contributed by atoms with Gasteiger partial charge in [-0.15, -0.1) is 3.97 Å². The van der Waals surface area contributed by atoms with Crippen LogP contribution >= 0.6 is 7.49 Å². The van der Waals surface area contributed by atoms with E-state index in [1.54, 1.807) is 0 Å². The molecule has 1 saturated heterocycles. The molecule has 1 fully saturated rings. The average molecular weight is 556 g/mol. The van der Waals surface area contributed by atoms with Crippen LogP contribution < -0.4 is 0 Å². The quantitative estimate of drug-likeness (QED) is 0.169. The maximum Gasteiger partial charge on any atom is 0.526 e. The Kier molecular flexibility index (Phi) is 7.45. The van der Waals surface area contributed by atoms with E-state index < -0.39 is 40.1 Å². The van der Waals surface area contributed by atoms with Gasteiger partial charge in [-0.3, -0.25) is 0 Å². The zero-order chi connectivity index (χ0) is 26.8. The van der Waals surface area contributed by atoms with Crippen molar-refractivity contribution in [1.29, 1.82) is 0 Å². The molecule has 1 heterocycles. The van der Waals surface area contributed by atoms with Crippen LogP contribution in [0.2, 0.25) is 0 Å². The van der Waals surface area contributed by atoms with Gasteiger partial charge in [0.2, 0.25) is 0 Å². The van der Waals surface area contributed by atoms with E-state index >= 15 is 0 Å². The second-order valence-electron chi connectivity index (χ2n) is 9.39. The molecule has 0 aliphatic carbocycles. The van der Waals surface area contributed by atoms with Crippen LogP contribution in [0.4, 0.5) is 13.2 Å². The Bertz CT molecular complexity index is 1360. The summed E-state index contributed by atoms with van der Waals surface area (Å²) in [6.45, 7) is 0. The highest BCUT2D eigenvalue weighted by Crippen LogP contribution is 2.92. The van der Waals surface area contributed by atoms with Gasteiger partial charge in [0, 0.05) is 0 Å². The van der Waals surface area contributed by atoms with Gasteiger partial charge in [0.25, 0.3) is 0 Å². The summed E-state index contributed by atoms with van der Waals surface area (Å²) in [5.41, 5.74) is -4.29. The summed E-state index contributed by atoms with van der Waals surface area (Å²) >= 11 is 0. The van der Waals surface area contributed by atoms with Crippen molar-refractivity contribution in [3.63, 3.8) is 0 Å². The van der Waals surface area contributed by atoms with Gasteiger partial charge in [-0.1, -0.05) is 121 Å². The second kappa shape index (κ2) is 10.6. The predicted octanol–water partition coefficient (Wildman–Crippen LogP) is 8.85. The van der Waals surface area contributed by atoms with Gasteiger partial charge in [-0.2, -0.15) is 21.6 Å². The average Bonchev–Trinajstić information content (AvgIpc) is 3.29. The predicted molar refractivity (Wildman–Crippen MR) is 145 cm³/mol. The lowest BCUT2D eigenvalue weighted by Crippen LogP contribution is -2.29. The van der Waals surface area contributed by atoms with E-state index in [1.165, 1.54) is 0 Å². The van der Waals surface area contributed by atoms with E-state index in [9.17, 15) is 21.6 Å². The zero-order valence-electron chi connectivity index (χ0n) is 20.4. The largest absolute Gasteiger partial charge is 0.526 e. The highest BCUT2D eigenvalue weighted by molar-refractivity contribution is 7.94. The number of hydrogen-bond acceptors (Lipinski definition) is 3. The molecule has 0 spiro atoms. The first kappa shape index (κ1) is 26.6. The van der Waals surface area contributed by atoms with Crippen LogP contribution in [-0.4, -0.2) is 13.9 Å². The van der Waals surface area contributed by atoms with Gasteiger partial charge >= 0.3 is 15.6 Å². The first-order chi connectivity index (χ1) is 18.2. The van der Waals surface area contributed by atoms with Gasteiger partial charge in [-0.05, 0) is 35.1 Å². The Morgan fingerprint density at radius 1 is 0.632 bits per heavy atom. The number of hydrogen-bond donors (Lipinski definition) is 0. The molecule has 0 unspecified atom stereocenters. The molecular formula is C30H27F3O3PS+. The monoisotopic (exact) mass is 555 g/mol. The van der Waals surface area contributed by atoms with E-state index in [1.807, 2.05) is 121 Å². The van der Waals surface area contributed by atoms with Crippen molar-refractivity contribution in [3.05, 3.63) is 144 Å². The molecule has 0 amide bonds. The summed E-state index contributed by atoms with van der Waals surface area (Å²) in [6, 6.07) is 36.8. The lowest BCUT2D eigenvalue weighted by atomic mass is 10.0. The fourth-order valence-electron chi connectivity index (χ4n) is 5.73. The lowest BCUT2D eigenvalue weighted by Gasteiger charge is -2.38. The first-order valence-electron chi connectivity index (χ1n) is 12.3. The Morgan fingerprint density at radius 2 is 0.974 bits per heavy atom. The van der Waals surface area contributed by atoms with Crippen LogP contribution in [0.5, 0.6) is 0 Å². The van der Waals surface area contributed by atoms with E-state index in [4.69, 9.17) is 3.97 Å². The maximum absolute atomic E-state index is 14.1. The highest BCUT2D eigenvalue weighted by Gasteiger charge is 2.70. The minimum absolute atomic E-state index is 0.501. The van der Waals surface area contributed by atoms with Crippen LogP contribution in [0.3, 0.4) is 0 Å². The SMILES string of the molecule is O=S(=O)(O[P+]1(C(c2ccccc2)c2ccccc2)[C@H](c2ccccc2)CC[C@H]1c1ccccc1)C(F)(F)F. The molecule has 5 rings (SSSR count). The van der Waals surface area contributed by atoms with Crippen molar-refractivity contribution in [2.75, 3.05) is 0 Å². The number of rotatable bonds is 7. The molecule has 4 aromatic carbocycles. The van der Waals surface area contributed by atoms with Gasteiger partial charge < -0.3 is 0 Å². The topological polar surface area (TPSA) is 43.4 Å². The molecule has 38 heavy (non-hydrogen) atoms. The van der Waals surface area contributed by atoms with Crippen molar-refractivity contribution in [3.8, 4) is 0 Å².